The first kappa shape index (κ1) is 20.2. The summed E-state index contributed by atoms with van der Waals surface area (Å²) in [6, 6.07) is 7.99. The van der Waals surface area contributed by atoms with Gasteiger partial charge in [0.05, 0.1) is 6.26 Å². The fourth-order valence-electron chi connectivity index (χ4n) is 3.94. The third kappa shape index (κ3) is 6.00. The molecule has 1 fully saturated rings. The van der Waals surface area contributed by atoms with Crippen LogP contribution in [0.5, 0.6) is 0 Å². The van der Waals surface area contributed by atoms with Crippen LogP contribution in [0.4, 0.5) is 5.69 Å². The largest absolute Gasteiger partial charge is 0.303 e. The highest BCUT2D eigenvalue weighted by Crippen LogP contribution is 2.39. The van der Waals surface area contributed by atoms with Gasteiger partial charge in [0.2, 0.25) is 10.0 Å². The van der Waals surface area contributed by atoms with Gasteiger partial charge in [-0.1, -0.05) is 45.2 Å². The zero-order valence-corrected chi connectivity index (χ0v) is 16.9. The Morgan fingerprint density at radius 2 is 1.84 bits per heavy atom. The van der Waals surface area contributed by atoms with Crippen molar-refractivity contribution < 1.29 is 8.42 Å². The van der Waals surface area contributed by atoms with Gasteiger partial charge in [-0.25, -0.2) is 8.42 Å². The van der Waals surface area contributed by atoms with Crippen molar-refractivity contribution in [1.82, 2.24) is 4.90 Å². The Morgan fingerprint density at radius 1 is 1.12 bits per heavy atom. The molecule has 0 amide bonds. The number of hydrogen-bond donors (Lipinski definition) is 1. The van der Waals surface area contributed by atoms with Gasteiger partial charge in [-0.2, -0.15) is 0 Å². The van der Waals surface area contributed by atoms with Gasteiger partial charge in [-0.05, 0) is 68.4 Å². The molecule has 5 heteroatoms. The van der Waals surface area contributed by atoms with Gasteiger partial charge >= 0.3 is 0 Å². The second-order valence-corrected chi connectivity index (χ2v) is 9.24. The van der Waals surface area contributed by atoms with Crippen molar-refractivity contribution >= 4 is 15.7 Å². The van der Waals surface area contributed by atoms with Crippen LogP contribution in [-0.4, -0.2) is 39.2 Å². The third-order valence-corrected chi connectivity index (χ3v) is 6.20. The normalized spacial score (nSPS) is 18.2. The maximum absolute atomic E-state index is 11.5. The van der Waals surface area contributed by atoms with Gasteiger partial charge in [0, 0.05) is 5.69 Å². The van der Waals surface area contributed by atoms with E-state index in [-0.39, 0.29) is 5.41 Å². The zero-order chi connectivity index (χ0) is 18.3. The minimum atomic E-state index is -3.23. The average Bonchev–Trinajstić information content (AvgIpc) is 2.58. The van der Waals surface area contributed by atoms with Gasteiger partial charge < -0.3 is 4.90 Å². The van der Waals surface area contributed by atoms with Crippen LogP contribution in [-0.2, 0) is 15.4 Å². The van der Waals surface area contributed by atoms with Gasteiger partial charge in [0.25, 0.3) is 0 Å². The average molecular weight is 367 g/mol. The predicted molar refractivity (Wildman–Crippen MR) is 107 cm³/mol. The molecule has 0 saturated carbocycles. The van der Waals surface area contributed by atoms with Crippen LogP contribution in [0.3, 0.4) is 0 Å². The molecular weight excluding hydrogens is 332 g/mol. The molecular formula is C20H34N2O2S. The van der Waals surface area contributed by atoms with Gasteiger partial charge in [0.1, 0.15) is 0 Å². The van der Waals surface area contributed by atoms with E-state index in [1.54, 1.807) is 0 Å². The predicted octanol–water partition coefficient (Wildman–Crippen LogP) is 4.38. The number of benzene rings is 1. The summed E-state index contributed by atoms with van der Waals surface area (Å²) >= 11 is 0. The minimum absolute atomic E-state index is 0.176. The van der Waals surface area contributed by atoms with E-state index in [4.69, 9.17) is 0 Å². The third-order valence-electron chi connectivity index (χ3n) is 5.60. The van der Waals surface area contributed by atoms with Crippen LogP contribution in [0.15, 0.2) is 24.3 Å². The second-order valence-electron chi connectivity index (χ2n) is 7.49. The molecule has 0 spiro atoms. The first-order valence-electron chi connectivity index (χ1n) is 9.69. The summed E-state index contributed by atoms with van der Waals surface area (Å²) in [5.41, 5.74) is 2.12. The fraction of sp³-hybridized carbons (Fsp3) is 0.700. The van der Waals surface area contributed by atoms with E-state index in [9.17, 15) is 8.42 Å². The van der Waals surface area contributed by atoms with Crippen LogP contribution < -0.4 is 4.72 Å². The number of hydrogen-bond acceptors (Lipinski definition) is 3. The van der Waals surface area contributed by atoms with Crippen LogP contribution in [0.1, 0.15) is 64.4 Å². The Hall–Kier alpha value is -1.07. The smallest absolute Gasteiger partial charge is 0.229 e. The lowest BCUT2D eigenvalue weighted by Gasteiger charge is -2.42. The van der Waals surface area contributed by atoms with Crippen molar-refractivity contribution in [2.24, 2.45) is 0 Å². The van der Waals surface area contributed by atoms with E-state index in [0.717, 1.165) is 32.4 Å². The summed E-state index contributed by atoms with van der Waals surface area (Å²) in [4.78, 5) is 2.60. The SMILES string of the molecule is CCCCCCN1CCC(CC)(c2cccc(NS(C)(=O)=O)c2)CC1. The van der Waals surface area contributed by atoms with E-state index in [1.807, 2.05) is 18.2 Å². The van der Waals surface area contributed by atoms with Crippen molar-refractivity contribution in [3.63, 3.8) is 0 Å². The maximum Gasteiger partial charge on any atom is 0.229 e. The molecule has 0 aromatic heterocycles. The Morgan fingerprint density at radius 3 is 2.44 bits per heavy atom. The summed E-state index contributed by atoms with van der Waals surface area (Å²) in [6.45, 7) is 8.01. The Kier molecular flexibility index (Phi) is 7.32. The number of likely N-dealkylation sites (tertiary alicyclic amines) is 1. The van der Waals surface area contributed by atoms with E-state index >= 15 is 0 Å². The summed E-state index contributed by atoms with van der Waals surface area (Å²) in [5.74, 6) is 0. The van der Waals surface area contributed by atoms with Crippen LogP contribution in [0.25, 0.3) is 0 Å². The molecule has 25 heavy (non-hydrogen) atoms. The zero-order valence-electron chi connectivity index (χ0n) is 16.1. The molecule has 0 aliphatic carbocycles. The standard InChI is InChI=1S/C20H34N2O2S/c1-4-6-7-8-14-22-15-12-20(5-2,13-16-22)18-10-9-11-19(17-18)21-25(3,23)24/h9-11,17,21H,4-8,12-16H2,1-3H3. The number of rotatable bonds is 9. The summed E-state index contributed by atoms with van der Waals surface area (Å²) < 4.78 is 25.6. The number of unbranched alkanes of at least 4 members (excludes halogenated alkanes) is 3. The second kappa shape index (κ2) is 9.04. The minimum Gasteiger partial charge on any atom is -0.303 e. The lowest BCUT2D eigenvalue weighted by molar-refractivity contribution is 0.153. The number of sulfonamides is 1. The molecule has 4 nitrogen and oxygen atoms in total. The first-order chi connectivity index (χ1) is 11.9. The quantitative estimate of drug-likeness (QED) is 0.660. The molecule has 1 aliphatic rings. The monoisotopic (exact) mass is 366 g/mol. The Balaban J connectivity index is 2.01. The van der Waals surface area contributed by atoms with Crippen molar-refractivity contribution in [1.29, 1.82) is 0 Å². The lowest BCUT2D eigenvalue weighted by Crippen LogP contribution is -2.42. The maximum atomic E-state index is 11.5. The molecule has 0 unspecified atom stereocenters. The molecule has 2 rings (SSSR count). The Bertz CT molecular complexity index is 635. The topological polar surface area (TPSA) is 49.4 Å². The first-order valence-corrected chi connectivity index (χ1v) is 11.6. The summed E-state index contributed by atoms with van der Waals surface area (Å²) in [5, 5.41) is 0. The highest BCUT2D eigenvalue weighted by Gasteiger charge is 2.34. The number of nitrogens with zero attached hydrogens (tertiary/aromatic N) is 1. The molecule has 0 bridgehead atoms. The number of nitrogens with one attached hydrogen (secondary N) is 1. The van der Waals surface area contributed by atoms with E-state index in [2.05, 4.69) is 29.5 Å². The summed E-state index contributed by atoms with van der Waals surface area (Å²) in [6.07, 6.45) is 9.88. The highest BCUT2D eigenvalue weighted by atomic mass is 32.2. The van der Waals surface area contributed by atoms with E-state index in [1.165, 1.54) is 44.0 Å². The molecule has 1 aromatic carbocycles. The van der Waals surface area contributed by atoms with Gasteiger partial charge in [-0.15, -0.1) is 0 Å². The van der Waals surface area contributed by atoms with Gasteiger partial charge in [0.15, 0.2) is 0 Å². The molecule has 0 atom stereocenters. The van der Waals surface area contributed by atoms with Crippen LogP contribution >= 0.6 is 0 Å². The number of piperidine rings is 1. The van der Waals surface area contributed by atoms with Crippen molar-refractivity contribution in [2.75, 3.05) is 30.6 Å². The molecule has 1 aliphatic heterocycles. The molecule has 0 radical (unpaired) electrons. The fourth-order valence-corrected chi connectivity index (χ4v) is 4.49. The summed E-state index contributed by atoms with van der Waals surface area (Å²) in [7, 11) is -3.23. The molecule has 1 heterocycles. The highest BCUT2D eigenvalue weighted by molar-refractivity contribution is 7.92. The van der Waals surface area contributed by atoms with Crippen LogP contribution in [0, 0.1) is 0 Å². The van der Waals surface area contributed by atoms with E-state index in [0.29, 0.717) is 5.69 Å². The van der Waals surface area contributed by atoms with Crippen LogP contribution in [0.2, 0.25) is 0 Å². The molecule has 142 valence electrons. The van der Waals surface area contributed by atoms with Crippen molar-refractivity contribution in [3.8, 4) is 0 Å². The number of anilines is 1. The molecule has 1 saturated heterocycles. The van der Waals surface area contributed by atoms with Gasteiger partial charge in [-0.3, -0.25) is 4.72 Å². The molecule has 1 aromatic rings. The molecule has 1 N–H and O–H groups in total. The van der Waals surface area contributed by atoms with Crippen molar-refractivity contribution in [2.45, 2.75) is 64.2 Å². The lowest BCUT2D eigenvalue weighted by atomic mass is 9.71. The Labute approximate surface area is 154 Å². The van der Waals surface area contributed by atoms with E-state index < -0.39 is 10.0 Å². The van der Waals surface area contributed by atoms with Crippen molar-refractivity contribution in [3.05, 3.63) is 29.8 Å².